The number of hydrogen-bond donors (Lipinski definition) is 1. The average molecular weight is 381 g/mol. The lowest BCUT2D eigenvalue weighted by Crippen LogP contribution is -2.27. The summed E-state index contributed by atoms with van der Waals surface area (Å²) in [5.41, 5.74) is 2.31. The molecule has 0 radical (unpaired) electrons. The van der Waals surface area contributed by atoms with E-state index in [4.69, 9.17) is 9.26 Å². The van der Waals surface area contributed by atoms with Crippen LogP contribution in [0.15, 0.2) is 59.1 Å². The molecular formula is C20H19N3O5. The van der Waals surface area contributed by atoms with E-state index in [2.05, 4.69) is 10.5 Å². The Balaban J connectivity index is 1.50. The van der Waals surface area contributed by atoms with Crippen molar-refractivity contribution in [1.82, 2.24) is 10.5 Å². The summed E-state index contributed by atoms with van der Waals surface area (Å²) in [6.45, 7) is 0.428. The van der Waals surface area contributed by atoms with Crippen LogP contribution in [0, 0.1) is 10.1 Å². The molecule has 0 fully saturated rings. The minimum absolute atomic E-state index is 0.0469. The van der Waals surface area contributed by atoms with Gasteiger partial charge in [-0.3, -0.25) is 14.9 Å². The molecule has 0 aliphatic carbocycles. The normalized spacial score (nSPS) is 10.5. The van der Waals surface area contributed by atoms with E-state index in [0.29, 0.717) is 30.2 Å². The van der Waals surface area contributed by atoms with E-state index in [1.165, 1.54) is 12.1 Å². The first kappa shape index (κ1) is 19.1. The maximum atomic E-state index is 12.1. The maximum absolute atomic E-state index is 12.1. The minimum Gasteiger partial charge on any atom is -0.497 e. The molecule has 8 heteroatoms. The Kier molecular flexibility index (Phi) is 6.01. The van der Waals surface area contributed by atoms with Crippen LogP contribution in [0.4, 0.5) is 5.69 Å². The van der Waals surface area contributed by atoms with Gasteiger partial charge in [0.25, 0.3) is 5.69 Å². The fourth-order valence-electron chi connectivity index (χ4n) is 2.67. The van der Waals surface area contributed by atoms with Gasteiger partial charge >= 0.3 is 0 Å². The van der Waals surface area contributed by atoms with Gasteiger partial charge in [-0.05, 0) is 24.1 Å². The number of non-ortho nitro benzene ring substituents is 1. The molecule has 0 spiro atoms. The van der Waals surface area contributed by atoms with E-state index in [1.807, 2.05) is 24.3 Å². The molecule has 28 heavy (non-hydrogen) atoms. The Bertz CT molecular complexity index is 966. The summed E-state index contributed by atoms with van der Waals surface area (Å²) in [5, 5.41) is 17.4. The number of ether oxygens (including phenoxy) is 1. The topological polar surface area (TPSA) is 108 Å². The van der Waals surface area contributed by atoms with Crippen molar-refractivity contribution in [3.8, 4) is 17.1 Å². The lowest BCUT2D eigenvalue weighted by atomic mass is 10.1. The molecule has 0 saturated carbocycles. The summed E-state index contributed by atoms with van der Waals surface area (Å²) in [4.78, 5) is 22.3. The second-order valence-electron chi connectivity index (χ2n) is 6.11. The summed E-state index contributed by atoms with van der Waals surface area (Å²) in [5.74, 6) is 1.10. The molecule has 8 nitrogen and oxygen atoms in total. The smallest absolute Gasteiger partial charge is 0.269 e. The van der Waals surface area contributed by atoms with Gasteiger partial charge in [-0.15, -0.1) is 0 Å². The lowest BCUT2D eigenvalue weighted by molar-refractivity contribution is -0.384. The maximum Gasteiger partial charge on any atom is 0.269 e. The Morgan fingerprint density at radius 2 is 2.00 bits per heavy atom. The molecule has 1 heterocycles. The molecule has 0 unspecified atom stereocenters. The molecule has 144 valence electrons. The third-order valence-electron chi connectivity index (χ3n) is 4.14. The number of carbonyl (C=O) groups is 1. The van der Waals surface area contributed by atoms with Gasteiger partial charge in [-0.2, -0.15) is 0 Å². The molecule has 3 rings (SSSR count). The number of carbonyl (C=O) groups excluding carboxylic acids is 1. The van der Waals surface area contributed by atoms with E-state index >= 15 is 0 Å². The van der Waals surface area contributed by atoms with Crippen LogP contribution in [0.5, 0.6) is 5.75 Å². The van der Waals surface area contributed by atoms with Crippen molar-refractivity contribution >= 4 is 11.6 Å². The van der Waals surface area contributed by atoms with Crippen molar-refractivity contribution < 1.29 is 19.0 Å². The van der Waals surface area contributed by atoms with Crippen LogP contribution >= 0.6 is 0 Å². The number of nitrogens with one attached hydrogen (secondary N) is 1. The number of nitro benzene ring substituents is 1. The van der Waals surface area contributed by atoms with Crippen LogP contribution in [-0.2, 0) is 17.6 Å². The minimum atomic E-state index is -0.441. The molecule has 3 aromatic rings. The zero-order valence-corrected chi connectivity index (χ0v) is 15.3. The van der Waals surface area contributed by atoms with Gasteiger partial charge in [0, 0.05) is 30.3 Å². The highest BCUT2D eigenvalue weighted by molar-refractivity contribution is 5.78. The molecule has 2 aromatic carbocycles. The van der Waals surface area contributed by atoms with Gasteiger partial charge < -0.3 is 14.6 Å². The molecule has 1 N–H and O–H groups in total. The number of nitro groups is 1. The SMILES string of the molecule is COc1cccc(-c2cc(CC(=O)NCCc3ccc([N+](=O)[O-])cc3)no2)c1. The molecule has 1 amide bonds. The standard InChI is InChI=1S/C20H19N3O5/c1-27-18-4-2-3-15(11-18)19-12-16(22-28-19)13-20(24)21-10-9-14-5-7-17(8-6-14)23(25)26/h2-8,11-12H,9-10,13H2,1H3,(H,21,24). The molecule has 0 saturated heterocycles. The largest absolute Gasteiger partial charge is 0.497 e. The van der Waals surface area contributed by atoms with E-state index < -0.39 is 4.92 Å². The number of benzene rings is 2. The second kappa shape index (κ2) is 8.81. The zero-order chi connectivity index (χ0) is 19.9. The number of hydrogen-bond acceptors (Lipinski definition) is 6. The highest BCUT2D eigenvalue weighted by Crippen LogP contribution is 2.24. The fraction of sp³-hybridized carbons (Fsp3) is 0.200. The van der Waals surface area contributed by atoms with Gasteiger partial charge in [-0.25, -0.2) is 0 Å². The summed E-state index contributed by atoms with van der Waals surface area (Å²) in [7, 11) is 1.59. The van der Waals surface area contributed by atoms with Crippen molar-refractivity contribution in [2.24, 2.45) is 0 Å². The lowest BCUT2D eigenvalue weighted by Gasteiger charge is -2.04. The Morgan fingerprint density at radius 3 is 2.71 bits per heavy atom. The Hall–Kier alpha value is -3.68. The molecular weight excluding hydrogens is 362 g/mol. The average Bonchev–Trinajstić information content (AvgIpc) is 3.17. The van der Waals surface area contributed by atoms with Crippen LogP contribution in [0.3, 0.4) is 0 Å². The van der Waals surface area contributed by atoms with Crippen LogP contribution in [0.1, 0.15) is 11.3 Å². The van der Waals surface area contributed by atoms with E-state index in [1.54, 1.807) is 25.3 Å². The van der Waals surface area contributed by atoms with Crippen LogP contribution in [0.25, 0.3) is 11.3 Å². The molecule has 1 aromatic heterocycles. The van der Waals surface area contributed by atoms with Crippen molar-refractivity contribution in [2.45, 2.75) is 12.8 Å². The Labute approximate surface area is 161 Å². The fourth-order valence-corrected chi connectivity index (χ4v) is 2.67. The van der Waals surface area contributed by atoms with Crippen molar-refractivity contribution in [3.63, 3.8) is 0 Å². The van der Waals surface area contributed by atoms with Crippen LogP contribution in [0.2, 0.25) is 0 Å². The summed E-state index contributed by atoms with van der Waals surface area (Å²) in [6, 6.07) is 15.4. The zero-order valence-electron chi connectivity index (χ0n) is 15.3. The predicted molar refractivity (Wildman–Crippen MR) is 102 cm³/mol. The van der Waals surface area contributed by atoms with Gasteiger partial charge in [0.2, 0.25) is 5.91 Å². The van der Waals surface area contributed by atoms with E-state index in [0.717, 1.165) is 11.1 Å². The van der Waals surface area contributed by atoms with Crippen molar-refractivity contribution in [1.29, 1.82) is 0 Å². The van der Waals surface area contributed by atoms with E-state index in [9.17, 15) is 14.9 Å². The molecule has 0 bridgehead atoms. The van der Waals surface area contributed by atoms with Gasteiger partial charge in [0.15, 0.2) is 5.76 Å². The number of methoxy groups -OCH3 is 1. The van der Waals surface area contributed by atoms with Gasteiger partial charge in [0.1, 0.15) is 5.75 Å². The number of rotatable bonds is 8. The molecule has 0 atom stereocenters. The summed E-state index contributed by atoms with van der Waals surface area (Å²) >= 11 is 0. The predicted octanol–water partition coefficient (Wildman–Crippen LogP) is 3.16. The van der Waals surface area contributed by atoms with Crippen molar-refractivity contribution in [3.05, 3.63) is 76.0 Å². The highest BCUT2D eigenvalue weighted by Gasteiger charge is 2.11. The van der Waals surface area contributed by atoms with E-state index in [-0.39, 0.29) is 18.0 Å². The molecule has 0 aliphatic rings. The highest BCUT2D eigenvalue weighted by atomic mass is 16.6. The Morgan fingerprint density at radius 1 is 1.21 bits per heavy atom. The van der Waals surface area contributed by atoms with Crippen LogP contribution < -0.4 is 10.1 Å². The number of amides is 1. The summed E-state index contributed by atoms with van der Waals surface area (Å²) < 4.78 is 10.5. The third-order valence-corrected chi connectivity index (χ3v) is 4.14. The van der Waals surface area contributed by atoms with Crippen molar-refractivity contribution in [2.75, 3.05) is 13.7 Å². The number of aromatic nitrogens is 1. The number of nitrogens with zero attached hydrogens (tertiary/aromatic N) is 2. The first-order chi connectivity index (χ1) is 13.5. The first-order valence-corrected chi connectivity index (χ1v) is 8.65. The summed E-state index contributed by atoms with van der Waals surface area (Å²) in [6.07, 6.45) is 0.686. The first-order valence-electron chi connectivity index (χ1n) is 8.65. The van der Waals surface area contributed by atoms with Crippen LogP contribution in [-0.4, -0.2) is 29.6 Å². The third kappa shape index (κ3) is 4.94. The second-order valence-corrected chi connectivity index (χ2v) is 6.11. The van der Waals surface area contributed by atoms with Gasteiger partial charge in [-0.1, -0.05) is 29.4 Å². The molecule has 0 aliphatic heterocycles. The monoisotopic (exact) mass is 381 g/mol. The van der Waals surface area contributed by atoms with Gasteiger partial charge in [0.05, 0.1) is 24.1 Å². The quantitative estimate of drug-likeness (QED) is 0.474.